The molecule has 2 atom stereocenters. The third-order valence-electron chi connectivity index (χ3n) is 4.62. The van der Waals surface area contributed by atoms with E-state index in [4.69, 9.17) is 18.9 Å². The van der Waals surface area contributed by atoms with Crippen molar-refractivity contribution < 1.29 is 23.7 Å². The van der Waals surface area contributed by atoms with E-state index in [9.17, 15) is 4.79 Å². The average molecular weight is 395 g/mol. The average Bonchev–Trinajstić information content (AvgIpc) is 3.66. The van der Waals surface area contributed by atoms with Gasteiger partial charge in [0.2, 0.25) is 5.91 Å². The fourth-order valence-corrected chi connectivity index (χ4v) is 2.70. The highest BCUT2D eigenvalue weighted by Gasteiger charge is 2.23. The molecule has 6 heteroatoms. The molecule has 2 aliphatic heterocycles. The van der Waals surface area contributed by atoms with Crippen molar-refractivity contribution in [1.82, 2.24) is 5.32 Å². The summed E-state index contributed by atoms with van der Waals surface area (Å²) in [6.07, 6.45) is 4.60. The Hall–Kier alpha value is -2.83. The van der Waals surface area contributed by atoms with Crippen molar-refractivity contribution in [1.29, 1.82) is 0 Å². The number of nitrogens with one attached hydrogen (secondary N) is 1. The summed E-state index contributed by atoms with van der Waals surface area (Å²) < 4.78 is 21.5. The summed E-state index contributed by atoms with van der Waals surface area (Å²) in [5.74, 6) is 1.54. The van der Waals surface area contributed by atoms with Gasteiger partial charge in [0, 0.05) is 12.6 Å². The molecule has 2 fully saturated rings. The molecule has 1 amide bonds. The van der Waals surface area contributed by atoms with Gasteiger partial charge in [-0.3, -0.25) is 4.79 Å². The number of rotatable bonds is 11. The van der Waals surface area contributed by atoms with E-state index in [1.165, 1.54) is 0 Å². The van der Waals surface area contributed by atoms with Gasteiger partial charge in [-0.15, -0.1) is 0 Å². The monoisotopic (exact) mass is 395 g/mol. The van der Waals surface area contributed by atoms with Gasteiger partial charge in [-0.1, -0.05) is 24.3 Å². The predicted molar refractivity (Wildman–Crippen MR) is 109 cm³/mol. The summed E-state index contributed by atoms with van der Waals surface area (Å²) >= 11 is 0. The summed E-state index contributed by atoms with van der Waals surface area (Å²) in [7, 11) is 0. The minimum Gasteiger partial charge on any atom is -0.491 e. The van der Waals surface area contributed by atoms with Crippen LogP contribution >= 0.6 is 0 Å². The Morgan fingerprint density at radius 2 is 1.48 bits per heavy atom. The standard InChI is InChI=1S/C23H25NO5/c25-23(10-5-17-1-6-19(7-2-17)26-13-21-15-28-21)24-12-11-18-3-8-20(9-4-18)27-14-22-16-29-22/h1-10,21-22H,11-16H2,(H,24,25). The van der Waals surface area contributed by atoms with Crippen LogP contribution in [0.2, 0.25) is 0 Å². The van der Waals surface area contributed by atoms with Crippen LogP contribution in [0.1, 0.15) is 11.1 Å². The van der Waals surface area contributed by atoms with Crippen molar-refractivity contribution in [2.45, 2.75) is 18.6 Å². The first kappa shape index (κ1) is 19.5. The number of amides is 1. The molecule has 1 N–H and O–H groups in total. The molecule has 0 radical (unpaired) electrons. The van der Waals surface area contributed by atoms with Gasteiger partial charge in [-0.25, -0.2) is 0 Å². The van der Waals surface area contributed by atoms with Crippen LogP contribution in [0.5, 0.6) is 11.5 Å². The maximum atomic E-state index is 12.0. The fraction of sp³-hybridized carbons (Fsp3) is 0.348. The molecule has 0 spiro atoms. The minimum absolute atomic E-state index is 0.111. The van der Waals surface area contributed by atoms with Crippen molar-refractivity contribution in [2.24, 2.45) is 0 Å². The van der Waals surface area contributed by atoms with E-state index in [1.807, 2.05) is 48.5 Å². The second-order valence-corrected chi connectivity index (χ2v) is 7.12. The number of hydrogen-bond donors (Lipinski definition) is 1. The Labute approximate surface area is 170 Å². The van der Waals surface area contributed by atoms with Crippen LogP contribution < -0.4 is 14.8 Å². The van der Waals surface area contributed by atoms with Gasteiger partial charge < -0.3 is 24.3 Å². The normalized spacial score (nSPS) is 19.7. The molecule has 2 aliphatic rings. The molecular formula is C23H25NO5. The van der Waals surface area contributed by atoms with Crippen LogP contribution in [-0.2, 0) is 20.7 Å². The van der Waals surface area contributed by atoms with Gasteiger partial charge in [-0.2, -0.15) is 0 Å². The third-order valence-corrected chi connectivity index (χ3v) is 4.62. The second-order valence-electron chi connectivity index (χ2n) is 7.12. The maximum absolute atomic E-state index is 12.0. The molecule has 2 unspecified atom stereocenters. The molecule has 152 valence electrons. The summed E-state index contributed by atoms with van der Waals surface area (Å²) in [4.78, 5) is 12.0. The lowest BCUT2D eigenvalue weighted by atomic mass is 10.1. The first-order valence-corrected chi connectivity index (χ1v) is 9.88. The molecule has 2 heterocycles. The molecule has 6 nitrogen and oxygen atoms in total. The molecular weight excluding hydrogens is 370 g/mol. The van der Waals surface area contributed by atoms with Gasteiger partial charge in [0.25, 0.3) is 0 Å². The van der Waals surface area contributed by atoms with E-state index in [2.05, 4.69) is 5.32 Å². The minimum atomic E-state index is -0.111. The maximum Gasteiger partial charge on any atom is 0.244 e. The summed E-state index contributed by atoms with van der Waals surface area (Å²) in [5, 5.41) is 2.90. The lowest BCUT2D eigenvalue weighted by Crippen LogP contribution is -2.23. The Balaban J connectivity index is 1.14. The van der Waals surface area contributed by atoms with Crippen molar-refractivity contribution in [2.75, 3.05) is 33.0 Å². The third kappa shape index (κ3) is 6.93. The quantitative estimate of drug-likeness (QED) is 0.468. The zero-order valence-electron chi connectivity index (χ0n) is 16.2. The lowest BCUT2D eigenvalue weighted by molar-refractivity contribution is -0.116. The SMILES string of the molecule is O=C(C=Cc1ccc(OCC2CO2)cc1)NCCc1ccc(OCC2CO2)cc1. The van der Waals surface area contributed by atoms with E-state index in [0.29, 0.717) is 19.8 Å². The highest BCUT2D eigenvalue weighted by molar-refractivity contribution is 5.91. The number of hydrogen-bond acceptors (Lipinski definition) is 5. The summed E-state index contributed by atoms with van der Waals surface area (Å²) in [5.41, 5.74) is 2.10. The Morgan fingerprint density at radius 1 is 0.931 bits per heavy atom. The Bertz CT molecular complexity index is 823. The van der Waals surface area contributed by atoms with Gasteiger partial charge in [0.05, 0.1) is 13.2 Å². The zero-order chi connectivity index (χ0) is 19.9. The van der Waals surface area contributed by atoms with Gasteiger partial charge >= 0.3 is 0 Å². The van der Waals surface area contributed by atoms with Crippen LogP contribution in [-0.4, -0.2) is 51.1 Å². The van der Waals surface area contributed by atoms with Crippen molar-refractivity contribution in [3.8, 4) is 11.5 Å². The van der Waals surface area contributed by atoms with Gasteiger partial charge in [-0.05, 0) is 47.9 Å². The molecule has 0 bridgehead atoms. The molecule has 0 aromatic heterocycles. The number of epoxide rings is 2. The molecule has 0 aliphatic carbocycles. The molecule has 2 saturated heterocycles. The van der Waals surface area contributed by atoms with Crippen LogP contribution in [0, 0.1) is 0 Å². The van der Waals surface area contributed by atoms with E-state index in [-0.39, 0.29) is 18.1 Å². The van der Waals surface area contributed by atoms with Crippen LogP contribution in [0.15, 0.2) is 54.6 Å². The van der Waals surface area contributed by atoms with E-state index < -0.39 is 0 Å². The molecule has 0 saturated carbocycles. The number of ether oxygens (including phenoxy) is 4. The molecule has 4 rings (SSSR count). The highest BCUT2D eigenvalue weighted by atomic mass is 16.6. The number of carbonyl (C=O) groups excluding carboxylic acids is 1. The number of carbonyl (C=O) groups is 1. The predicted octanol–water partition coefficient (Wildman–Crippen LogP) is 2.61. The fourth-order valence-electron chi connectivity index (χ4n) is 2.70. The van der Waals surface area contributed by atoms with Crippen LogP contribution in [0.25, 0.3) is 6.08 Å². The lowest BCUT2D eigenvalue weighted by Gasteiger charge is -2.06. The molecule has 2 aromatic carbocycles. The first-order chi connectivity index (χ1) is 14.2. The summed E-state index contributed by atoms with van der Waals surface area (Å²) in [6.45, 7) is 3.35. The van der Waals surface area contributed by atoms with E-state index >= 15 is 0 Å². The van der Waals surface area contributed by atoms with Crippen molar-refractivity contribution in [3.05, 3.63) is 65.7 Å². The first-order valence-electron chi connectivity index (χ1n) is 9.88. The van der Waals surface area contributed by atoms with E-state index in [0.717, 1.165) is 42.3 Å². The topological polar surface area (TPSA) is 72.6 Å². The van der Waals surface area contributed by atoms with Crippen molar-refractivity contribution >= 4 is 12.0 Å². The largest absolute Gasteiger partial charge is 0.491 e. The van der Waals surface area contributed by atoms with E-state index in [1.54, 1.807) is 12.2 Å². The highest BCUT2D eigenvalue weighted by Crippen LogP contribution is 2.17. The van der Waals surface area contributed by atoms with Crippen molar-refractivity contribution in [3.63, 3.8) is 0 Å². The molecule has 29 heavy (non-hydrogen) atoms. The summed E-state index contributed by atoms with van der Waals surface area (Å²) in [6, 6.07) is 15.6. The smallest absolute Gasteiger partial charge is 0.244 e. The molecule has 2 aromatic rings. The van der Waals surface area contributed by atoms with Gasteiger partial charge in [0.1, 0.15) is 36.9 Å². The number of benzene rings is 2. The van der Waals surface area contributed by atoms with Gasteiger partial charge in [0.15, 0.2) is 0 Å². The Kier molecular flexibility index (Phi) is 6.44. The Morgan fingerprint density at radius 3 is 2.03 bits per heavy atom. The van der Waals surface area contributed by atoms with Crippen LogP contribution in [0.3, 0.4) is 0 Å². The second kappa shape index (κ2) is 9.58. The zero-order valence-corrected chi connectivity index (χ0v) is 16.2. The van der Waals surface area contributed by atoms with Crippen LogP contribution in [0.4, 0.5) is 0 Å².